The molecule has 2 N–H and O–H groups in total. The number of benzene rings is 1. The minimum atomic E-state index is -0.798. The summed E-state index contributed by atoms with van der Waals surface area (Å²) < 4.78 is 10.8. The second-order valence-electron chi connectivity index (χ2n) is 9.63. The molecule has 0 spiro atoms. The minimum absolute atomic E-state index is 0.428. The van der Waals surface area contributed by atoms with Gasteiger partial charge >= 0.3 is 6.09 Å². The average Bonchev–Trinajstić information content (AvgIpc) is 3.28. The highest BCUT2D eigenvalue weighted by atomic mass is 16.6. The fourth-order valence-corrected chi connectivity index (χ4v) is 3.88. The van der Waals surface area contributed by atoms with Crippen molar-refractivity contribution in [3.63, 3.8) is 0 Å². The number of carbonyl (C=O) groups is 1. The molecule has 1 amide bonds. The molecule has 3 rings (SSSR count). The second-order valence-corrected chi connectivity index (χ2v) is 9.63. The molecule has 164 valence electrons. The van der Waals surface area contributed by atoms with Gasteiger partial charge in [-0.15, -0.1) is 0 Å². The summed E-state index contributed by atoms with van der Waals surface area (Å²) in [7, 11) is 0. The lowest BCUT2D eigenvalue weighted by atomic mass is 9.94. The molecule has 2 atom stereocenters. The second kappa shape index (κ2) is 9.16. The SMILES string of the molecule is CC(C)(C)OC(=O)NC(C)(C)c1noc(CN[C@H]2CCC[C@@H]2Cc2ccccc2)n1. The van der Waals surface area contributed by atoms with E-state index in [0.29, 0.717) is 30.2 Å². The van der Waals surface area contributed by atoms with Crippen LogP contribution in [0.2, 0.25) is 0 Å². The zero-order valence-corrected chi connectivity index (χ0v) is 18.7. The molecule has 1 heterocycles. The van der Waals surface area contributed by atoms with Crippen LogP contribution in [0.25, 0.3) is 0 Å². The number of nitrogens with one attached hydrogen (secondary N) is 2. The first-order valence-corrected chi connectivity index (χ1v) is 10.7. The number of aromatic nitrogens is 2. The van der Waals surface area contributed by atoms with E-state index in [1.807, 2.05) is 34.6 Å². The largest absolute Gasteiger partial charge is 0.444 e. The molecule has 0 radical (unpaired) electrons. The van der Waals surface area contributed by atoms with E-state index in [-0.39, 0.29) is 0 Å². The third kappa shape index (κ3) is 6.29. The molecule has 1 saturated carbocycles. The molecule has 30 heavy (non-hydrogen) atoms. The first-order chi connectivity index (χ1) is 14.1. The molecule has 1 aromatic carbocycles. The lowest BCUT2D eigenvalue weighted by Gasteiger charge is -2.26. The maximum absolute atomic E-state index is 12.1. The summed E-state index contributed by atoms with van der Waals surface area (Å²) in [5.41, 5.74) is 0.0170. The molecule has 1 aliphatic rings. The summed E-state index contributed by atoms with van der Waals surface area (Å²) in [6, 6.07) is 11.1. The number of carbonyl (C=O) groups excluding carboxylic acids is 1. The number of amides is 1. The van der Waals surface area contributed by atoms with Gasteiger partial charge in [-0.2, -0.15) is 4.98 Å². The predicted molar refractivity (Wildman–Crippen MR) is 115 cm³/mol. The van der Waals surface area contributed by atoms with Gasteiger partial charge in [0.2, 0.25) is 5.89 Å². The van der Waals surface area contributed by atoms with Gasteiger partial charge in [0.1, 0.15) is 11.1 Å². The van der Waals surface area contributed by atoms with E-state index in [0.717, 1.165) is 12.8 Å². The molecule has 0 bridgehead atoms. The zero-order valence-electron chi connectivity index (χ0n) is 18.7. The monoisotopic (exact) mass is 414 g/mol. The van der Waals surface area contributed by atoms with E-state index in [1.165, 1.54) is 18.4 Å². The van der Waals surface area contributed by atoms with Crippen LogP contribution in [-0.2, 0) is 23.2 Å². The Balaban J connectivity index is 1.54. The van der Waals surface area contributed by atoms with Crippen LogP contribution in [0, 0.1) is 5.92 Å². The third-order valence-corrected chi connectivity index (χ3v) is 5.36. The van der Waals surface area contributed by atoms with Gasteiger partial charge < -0.3 is 19.9 Å². The Bertz CT molecular complexity index is 826. The van der Waals surface area contributed by atoms with E-state index in [1.54, 1.807) is 0 Å². The number of ether oxygens (including phenoxy) is 1. The van der Waals surface area contributed by atoms with Crippen molar-refractivity contribution in [1.82, 2.24) is 20.8 Å². The molecule has 2 aromatic rings. The Kier molecular flexibility index (Phi) is 6.81. The normalized spacial score (nSPS) is 19.6. The van der Waals surface area contributed by atoms with E-state index in [9.17, 15) is 4.79 Å². The third-order valence-electron chi connectivity index (χ3n) is 5.36. The van der Waals surface area contributed by atoms with Crippen molar-refractivity contribution >= 4 is 6.09 Å². The summed E-state index contributed by atoms with van der Waals surface area (Å²) in [4.78, 5) is 16.6. The molecule has 7 nitrogen and oxygen atoms in total. The fraction of sp³-hybridized carbons (Fsp3) is 0.609. The molecule has 0 saturated heterocycles. The van der Waals surface area contributed by atoms with Crippen molar-refractivity contribution in [3.8, 4) is 0 Å². The van der Waals surface area contributed by atoms with Crippen molar-refractivity contribution in [1.29, 1.82) is 0 Å². The van der Waals surface area contributed by atoms with Gasteiger partial charge in [-0.1, -0.05) is 41.9 Å². The van der Waals surface area contributed by atoms with Crippen LogP contribution in [0.4, 0.5) is 4.79 Å². The van der Waals surface area contributed by atoms with Crippen LogP contribution in [-0.4, -0.2) is 27.9 Å². The van der Waals surface area contributed by atoms with Gasteiger partial charge in [-0.3, -0.25) is 0 Å². The van der Waals surface area contributed by atoms with Gasteiger partial charge in [0.05, 0.1) is 6.54 Å². The van der Waals surface area contributed by atoms with Gasteiger partial charge in [0.15, 0.2) is 5.82 Å². The highest BCUT2D eigenvalue weighted by Gasteiger charge is 2.32. The van der Waals surface area contributed by atoms with Crippen LogP contribution >= 0.6 is 0 Å². The Morgan fingerprint density at radius 2 is 1.90 bits per heavy atom. The Hall–Kier alpha value is -2.41. The number of alkyl carbamates (subject to hydrolysis) is 1. The van der Waals surface area contributed by atoms with Gasteiger partial charge in [-0.25, -0.2) is 4.79 Å². The summed E-state index contributed by atoms with van der Waals surface area (Å²) in [6.07, 6.45) is 4.20. The van der Waals surface area contributed by atoms with E-state index in [4.69, 9.17) is 9.26 Å². The number of nitrogens with zero attached hydrogens (tertiary/aromatic N) is 2. The van der Waals surface area contributed by atoms with Crippen molar-refractivity contribution in [2.24, 2.45) is 5.92 Å². The van der Waals surface area contributed by atoms with Crippen LogP contribution in [0.5, 0.6) is 0 Å². The highest BCUT2D eigenvalue weighted by Crippen LogP contribution is 2.29. The maximum atomic E-state index is 12.1. The molecule has 1 aromatic heterocycles. The summed E-state index contributed by atoms with van der Waals surface area (Å²) >= 11 is 0. The topological polar surface area (TPSA) is 89.3 Å². The van der Waals surface area contributed by atoms with Crippen molar-refractivity contribution in [2.75, 3.05) is 0 Å². The fourth-order valence-electron chi connectivity index (χ4n) is 3.88. The van der Waals surface area contributed by atoms with Gasteiger partial charge in [0, 0.05) is 6.04 Å². The van der Waals surface area contributed by atoms with Crippen LogP contribution in [0.1, 0.15) is 71.2 Å². The molecular weight excluding hydrogens is 380 g/mol. The van der Waals surface area contributed by atoms with Crippen LogP contribution < -0.4 is 10.6 Å². The van der Waals surface area contributed by atoms with Crippen LogP contribution in [0.15, 0.2) is 34.9 Å². The standard InChI is InChI=1S/C23H34N4O3/c1-22(2,3)29-21(28)26-23(4,5)20-25-19(30-27-20)15-24-18-13-9-12-17(18)14-16-10-7-6-8-11-16/h6-8,10-11,17-18,24H,9,12-15H2,1-5H3,(H,26,28)/t17-,18+/m1/s1. The summed E-state index contributed by atoms with van der Waals surface area (Å²) in [6.45, 7) is 9.65. The van der Waals surface area contributed by atoms with E-state index in [2.05, 4.69) is 51.1 Å². The summed E-state index contributed by atoms with van der Waals surface area (Å²) in [5.74, 6) is 1.56. The zero-order chi connectivity index (χ0) is 21.8. The minimum Gasteiger partial charge on any atom is -0.444 e. The Morgan fingerprint density at radius 1 is 1.17 bits per heavy atom. The highest BCUT2D eigenvalue weighted by molar-refractivity contribution is 5.68. The number of hydrogen-bond acceptors (Lipinski definition) is 6. The quantitative estimate of drug-likeness (QED) is 0.701. The first-order valence-electron chi connectivity index (χ1n) is 10.7. The van der Waals surface area contributed by atoms with Gasteiger partial charge in [0.25, 0.3) is 0 Å². The summed E-state index contributed by atoms with van der Waals surface area (Å²) in [5, 5.41) is 10.5. The maximum Gasteiger partial charge on any atom is 0.408 e. The van der Waals surface area contributed by atoms with Crippen molar-refractivity contribution < 1.29 is 14.1 Å². The van der Waals surface area contributed by atoms with Gasteiger partial charge in [-0.05, 0) is 65.4 Å². The average molecular weight is 415 g/mol. The predicted octanol–water partition coefficient (Wildman–Crippen LogP) is 4.33. The molecule has 0 aliphatic heterocycles. The molecule has 7 heteroatoms. The number of hydrogen-bond donors (Lipinski definition) is 2. The van der Waals surface area contributed by atoms with E-state index >= 15 is 0 Å². The Labute approximate surface area is 179 Å². The molecule has 1 fully saturated rings. The van der Waals surface area contributed by atoms with Crippen LogP contribution in [0.3, 0.4) is 0 Å². The molecular formula is C23H34N4O3. The molecule has 0 unspecified atom stereocenters. The smallest absolute Gasteiger partial charge is 0.408 e. The lowest BCUT2D eigenvalue weighted by molar-refractivity contribution is 0.0465. The molecule has 1 aliphatic carbocycles. The lowest BCUT2D eigenvalue weighted by Crippen LogP contribution is -2.44. The van der Waals surface area contributed by atoms with E-state index < -0.39 is 17.2 Å². The van der Waals surface area contributed by atoms with Crippen molar-refractivity contribution in [2.45, 2.75) is 84.0 Å². The Morgan fingerprint density at radius 3 is 2.60 bits per heavy atom. The van der Waals surface area contributed by atoms with Crippen molar-refractivity contribution in [3.05, 3.63) is 47.6 Å². The first kappa shape index (κ1) is 22.3. The number of rotatable bonds is 7.